The van der Waals surface area contributed by atoms with Crippen molar-refractivity contribution in [3.8, 4) is 0 Å². The number of nitrogens with one attached hydrogen (secondary N) is 1. The summed E-state index contributed by atoms with van der Waals surface area (Å²) in [4.78, 5) is 11.6. The van der Waals surface area contributed by atoms with Crippen molar-refractivity contribution < 1.29 is 31.5 Å². The highest BCUT2D eigenvalue weighted by Crippen LogP contribution is 2.22. The fourth-order valence-electron chi connectivity index (χ4n) is 1.43. The zero-order chi connectivity index (χ0) is 15.4. The van der Waals surface area contributed by atoms with Gasteiger partial charge in [0.05, 0.1) is 12.6 Å². The van der Waals surface area contributed by atoms with Gasteiger partial charge >= 0.3 is 0 Å². The van der Waals surface area contributed by atoms with E-state index in [0.717, 1.165) is 0 Å². The van der Waals surface area contributed by atoms with Crippen LogP contribution in [0.4, 0.5) is 22.0 Å². The number of carbonyl (C=O) groups excluding carboxylic acids is 1. The molecule has 112 valence electrons. The monoisotopic (exact) mass is 298 g/mol. The number of hydrogen-bond donors (Lipinski definition) is 2. The maximum atomic E-state index is 13.3. The number of hydrogen-bond acceptors (Lipinski definition) is 3. The fourth-order valence-corrected chi connectivity index (χ4v) is 1.43. The van der Waals surface area contributed by atoms with Crippen molar-refractivity contribution >= 4 is 5.91 Å². The van der Waals surface area contributed by atoms with Crippen molar-refractivity contribution in [2.24, 2.45) is 5.73 Å². The molecule has 1 unspecified atom stereocenters. The summed E-state index contributed by atoms with van der Waals surface area (Å²) < 4.78 is 70.1. The third-order valence-corrected chi connectivity index (χ3v) is 2.42. The maximum Gasteiger partial charge on any atom is 0.257 e. The number of halogens is 5. The van der Waals surface area contributed by atoms with Gasteiger partial charge in [0.1, 0.15) is 5.56 Å². The van der Waals surface area contributed by atoms with Gasteiger partial charge in [0.2, 0.25) is 5.82 Å². The Hall–Kier alpha value is -1.74. The number of rotatable bonds is 5. The van der Waals surface area contributed by atoms with Crippen molar-refractivity contribution in [1.82, 2.24) is 5.32 Å². The van der Waals surface area contributed by atoms with Crippen molar-refractivity contribution in [1.29, 1.82) is 0 Å². The van der Waals surface area contributed by atoms with E-state index in [4.69, 9.17) is 5.73 Å². The van der Waals surface area contributed by atoms with Crippen LogP contribution in [0.1, 0.15) is 10.4 Å². The molecular weight excluding hydrogens is 287 g/mol. The second-order valence-electron chi connectivity index (χ2n) is 3.81. The predicted octanol–water partition coefficient (Wildman–Crippen LogP) is 1.09. The Morgan fingerprint density at radius 2 is 1.55 bits per heavy atom. The lowest BCUT2D eigenvalue weighted by molar-refractivity contribution is 0.0889. The van der Waals surface area contributed by atoms with Gasteiger partial charge in [-0.05, 0) is 0 Å². The molecule has 0 aliphatic heterocycles. The molecule has 0 aliphatic carbocycles. The first-order chi connectivity index (χ1) is 9.34. The molecule has 20 heavy (non-hydrogen) atoms. The summed E-state index contributed by atoms with van der Waals surface area (Å²) in [5, 5.41) is 2.01. The van der Waals surface area contributed by atoms with Gasteiger partial charge in [-0.2, -0.15) is 0 Å². The second-order valence-corrected chi connectivity index (χ2v) is 3.81. The van der Waals surface area contributed by atoms with Gasteiger partial charge in [-0.25, -0.2) is 22.0 Å². The average Bonchev–Trinajstić information content (AvgIpc) is 2.42. The molecule has 1 rings (SSSR count). The number of ether oxygens (including phenoxy) is 1. The van der Waals surface area contributed by atoms with Crippen LogP contribution in [-0.4, -0.2) is 32.2 Å². The molecule has 0 bridgehead atoms. The molecule has 1 aromatic carbocycles. The van der Waals surface area contributed by atoms with Crippen LogP contribution in [0.5, 0.6) is 0 Å². The summed E-state index contributed by atoms with van der Waals surface area (Å²) in [5.74, 6) is -12.6. The molecule has 0 fully saturated rings. The number of amides is 1. The van der Waals surface area contributed by atoms with Crippen molar-refractivity contribution in [3.63, 3.8) is 0 Å². The van der Waals surface area contributed by atoms with E-state index in [0.29, 0.717) is 0 Å². The lowest BCUT2D eigenvalue weighted by Gasteiger charge is -2.16. The van der Waals surface area contributed by atoms with Crippen LogP contribution in [0.25, 0.3) is 0 Å². The average molecular weight is 298 g/mol. The summed E-state index contributed by atoms with van der Waals surface area (Å²) in [7, 11) is 1.28. The van der Waals surface area contributed by atoms with E-state index in [2.05, 4.69) is 4.74 Å². The summed E-state index contributed by atoms with van der Waals surface area (Å²) in [6.45, 7) is -0.230. The Kier molecular flexibility index (Phi) is 5.40. The Morgan fingerprint density at radius 3 is 1.95 bits per heavy atom. The molecule has 0 heterocycles. The largest absolute Gasteiger partial charge is 0.383 e. The Labute approximate surface area is 110 Å². The van der Waals surface area contributed by atoms with Gasteiger partial charge in [0, 0.05) is 13.7 Å². The SMILES string of the molecule is COCC(CN)NC(=O)c1c(F)c(F)c(F)c(F)c1F. The number of nitrogens with two attached hydrogens (primary N) is 1. The molecule has 1 aromatic rings. The van der Waals surface area contributed by atoms with E-state index in [1.165, 1.54) is 7.11 Å². The minimum absolute atomic E-state index is 0.0857. The molecule has 3 N–H and O–H groups in total. The fraction of sp³-hybridized carbons (Fsp3) is 0.364. The summed E-state index contributed by atoms with van der Waals surface area (Å²) in [6, 6.07) is -0.831. The summed E-state index contributed by atoms with van der Waals surface area (Å²) in [6.07, 6.45) is 0. The predicted molar refractivity (Wildman–Crippen MR) is 58.4 cm³/mol. The van der Waals surface area contributed by atoms with Crippen molar-refractivity contribution in [3.05, 3.63) is 34.6 Å². The van der Waals surface area contributed by atoms with Crippen molar-refractivity contribution in [2.45, 2.75) is 6.04 Å². The molecule has 0 radical (unpaired) electrons. The van der Waals surface area contributed by atoms with E-state index < -0.39 is 46.6 Å². The molecule has 0 spiro atoms. The van der Waals surface area contributed by atoms with Gasteiger partial charge in [0.15, 0.2) is 23.3 Å². The third-order valence-electron chi connectivity index (χ3n) is 2.42. The molecular formula is C11H11F5N2O2. The van der Waals surface area contributed by atoms with Crippen LogP contribution in [0, 0.1) is 29.1 Å². The van der Waals surface area contributed by atoms with Crippen LogP contribution < -0.4 is 11.1 Å². The standard InChI is InChI=1S/C11H11F5N2O2/c1-20-3-4(2-17)18-11(19)5-6(12)8(14)10(16)9(15)7(5)13/h4H,2-3,17H2,1H3,(H,18,19). The van der Waals surface area contributed by atoms with Crippen LogP contribution in [-0.2, 0) is 4.74 Å². The van der Waals surface area contributed by atoms with Gasteiger partial charge < -0.3 is 15.8 Å². The molecule has 0 aliphatic rings. The van der Waals surface area contributed by atoms with Crippen LogP contribution in [0.2, 0.25) is 0 Å². The van der Waals surface area contributed by atoms with E-state index >= 15 is 0 Å². The molecule has 0 saturated heterocycles. The van der Waals surface area contributed by atoms with Gasteiger partial charge in [-0.1, -0.05) is 0 Å². The summed E-state index contributed by atoms with van der Waals surface area (Å²) >= 11 is 0. The van der Waals surface area contributed by atoms with Crippen LogP contribution in [0.15, 0.2) is 0 Å². The quantitative estimate of drug-likeness (QED) is 0.486. The third kappa shape index (κ3) is 3.05. The smallest absolute Gasteiger partial charge is 0.257 e. The van der Waals surface area contributed by atoms with Crippen LogP contribution in [0.3, 0.4) is 0 Å². The molecule has 9 heteroatoms. The van der Waals surface area contributed by atoms with E-state index in [1.54, 1.807) is 0 Å². The highest BCUT2D eigenvalue weighted by molar-refractivity contribution is 5.95. The Morgan fingerprint density at radius 1 is 1.10 bits per heavy atom. The van der Waals surface area contributed by atoms with Gasteiger partial charge in [-0.3, -0.25) is 4.79 Å². The lowest BCUT2D eigenvalue weighted by atomic mass is 10.1. The number of carbonyl (C=O) groups is 1. The molecule has 0 aromatic heterocycles. The first-order valence-corrected chi connectivity index (χ1v) is 5.36. The van der Waals surface area contributed by atoms with E-state index in [1.807, 2.05) is 5.32 Å². The second kappa shape index (κ2) is 6.62. The van der Waals surface area contributed by atoms with E-state index in [9.17, 15) is 26.7 Å². The number of benzene rings is 1. The normalized spacial score (nSPS) is 12.3. The van der Waals surface area contributed by atoms with Crippen LogP contribution >= 0.6 is 0 Å². The minimum Gasteiger partial charge on any atom is -0.383 e. The topological polar surface area (TPSA) is 64.3 Å². The molecule has 4 nitrogen and oxygen atoms in total. The molecule has 0 saturated carbocycles. The van der Waals surface area contributed by atoms with Crippen molar-refractivity contribution in [2.75, 3.05) is 20.3 Å². The highest BCUT2D eigenvalue weighted by atomic mass is 19.2. The first kappa shape index (κ1) is 16.3. The van der Waals surface area contributed by atoms with Gasteiger partial charge in [-0.15, -0.1) is 0 Å². The number of methoxy groups -OCH3 is 1. The Balaban J connectivity index is 3.17. The highest BCUT2D eigenvalue weighted by Gasteiger charge is 2.30. The summed E-state index contributed by atoms with van der Waals surface area (Å²) in [5.41, 5.74) is 3.70. The molecule has 1 atom stereocenters. The Bertz CT molecular complexity index is 495. The first-order valence-electron chi connectivity index (χ1n) is 5.36. The van der Waals surface area contributed by atoms with E-state index in [-0.39, 0.29) is 13.2 Å². The van der Waals surface area contributed by atoms with Gasteiger partial charge in [0.25, 0.3) is 5.91 Å². The zero-order valence-corrected chi connectivity index (χ0v) is 10.3. The maximum absolute atomic E-state index is 13.3. The molecule has 1 amide bonds. The zero-order valence-electron chi connectivity index (χ0n) is 10.3. The lowest BCUT2D eigenvalue weighted by Crippen LogP contribution is -2.44. The minimum atomic E-state index is -2.33.